The maximum Gasteiger partial charge on any atom is 0.128 e. The van der Waals surface area contributed by atoms with Crippen molar-refractivity contribution in [1.82, 2.24) is 4.90 Å². The van der Waals surface area contributed by atoms with Crippen LogP contribution in [0.25, 0.3) is 0 Å². The lowest BCUT2D eigenvalue weighted by Crippen LogP contribution is -2.36. The highest BCUT2D eigenvalue weighted by Gasteiger charge is 2.29. The molecule has 0 saturated carbocycles. The monoisotopic (exact) mass is 256 g/mol. The second-order valence-electron chi connectivity index (χ2n) is 4.65. The molecule has 17 heavy (non-hydrogen) atoms. The second-order valence-corrected chi connectivity index (χ2v) is 5.08. The molecule has 1 heterocycles. The fourth-order valence-corrected chi connectivity index (χ4v) is 2.81. The quantitative estimate of drug-likeness (QED) is 0.901. The minimum absolute atomic E-state index is 0.0637. The summed E-state index contributed by atoms with van der Waals surface area (Å²) in [7, 11) is 0. The van der Waals surface area contributed by atoms with Crippen molar-refractivity contribution in [2.75, 3.05) is 13.1 Å². The zero-order valence-electron chi connectivity index (χ0n) is 10.00. The molecule has 0 aliphatic carbocycles. The molecule has 4 heteroatoms. The summed E-state index contributed by atoms with van der Waals surface area (Å²) in [6.45, 7) is 3.56. The summed E-state index contributed by atoms with van der Waals surface area (Å²) >= 11 is 5.93. The average Bonchev–Trinajstić information content (AvgIpc) is 2.71. The van der Waals surface area contributed by atoms with Gasteiger partial charge in [0.05, 0.1) is 6.04 Å². The van der Waals surface area contributed by atoms with Crippen LogP contribution >= 0.6 is 11.6 Å². The molecule has 1 aromatic rings. The van der Waals surface area contributed by atoms with E-state index in [-0.39, 0.29) is 11.9 Å². The maximum absolute atomic E-state index is 13.8. The molecule has 0 amide bonds. The number of nitrogens with zero attached hydrogens (tertiary/aromatic N) is 1. The Morgan fingerprint density at radius 3 is 2.94 bits per heavy atom. The van der Waals surface area contributed by atoms with Gasteiger partial charge in [0.15, 0.2) is 0 Å². The topological polar surface area (TPSA) is 29.3 Å². The Hall–Kier alpha value is -0.640. The first-order valence-electron chi connectivity index (χ1n) is 6.04. The summed E-state index contributed by atoms with van der Waals surface area (Å²) in [6.07, 6.45) is 2.30. The highest BCUT2D eigenvalue weighted by Crippen LogP contribution is 2.31. The van der Waals surface area contributed by atoms with E-state index in [1.165, 1.54) is 6.07 Å². The van der Waals surface area contributed by atoms with Crippen LogP contribution in [0.4, 0.5) is 4.39 Å². The molecule has 2 atom stereocenters. The number of benzene rings is 1. The van der Waals surface area contributed by atoms with Gasteiger partial charge >= 0.3 is 0 Å². The summed E-state index contributed by atoms with van der Waals surface area (Å²) < 4.78 is 13.8. The van der Waals surface area contributed by atoms with E-state index < -0.39 is 0 Å². The van der Waals surface area contributed by atoms with Gasteiger partial charge < -0.3 is 5.73 Å². The van der Waals surface area contributed by atoms with Gasteiger partial charge in [-0.15, -0.1) is 0 Å². The summed E-state index contributed by atoms with van der Waals surface area (Å²) in [6, 6.07) is 5.08. The number of halogens is 2. The first-order chi connectivity index (χ1) is 8.13. The van der Waals surface area contributed by atoms with Crippen molar-refractivity contribution in [2.45, 2.75) is 31.8 Å². The van der Waals surface area contributed by atoms with Crippen LogP contribution in [0.2, 0.25) is 5.02 Å². The lowest BCUT2D eigenvalue weighted by Gasteiger charge is -2.31. The van der Waals surface area contributed by atoms with E-state index in [1.54, 1.807) is 12.1 Å². The van der Waals surface area contributed by atoms with Gasteiger partial charge in [-0.2, -0.15) is 0 Å². The van der Waals surface area contributed by atoms with Crippen LogP contribution in [0, 0.1) is 5.82 Å². The molecule has 2 unspecified atom stereocenters. The lowest BCUT2D eigenvalue weighted by molar-refractivity contribution is 0.192. The minimum atomic E-state index is -0.219. The molecule has 94 valence electrons. The molecule has 1 aliphatic heterocycles. The summed E-state index contributed by atoms with van der Waals surface area (Å²) in [5.74, 6) is -0.219. The van der Waals surface area contributed by atoms with Crippen molar-refractivity contribution in [3.05, 3.63) is 34.6 Å². The highest BCUT2D eigenvalue weighted by molar-refractivity contribution is 6.30. The van der Waals surface area contributed by atoms with Gasteiger partial charge in [-0.05, 0) is 44.5 Å². The number of likely N-dealkylation sites (tertiary alicyclic amines) is 1. The third-order valence-electron chi connectivity index (χ3n) is 3.55. The van der Waals surface area contributed by atoms with Gasteiger partial charge in [0.25, 0.3) is 0 Å². The zero-order valence-corrected chi connectivity index (χ0v) is 10.8. The van der Waals surface area contributed by atoms with Crippen molar-refractivity contribution in [3.8, 4) is 0 Å². The Morgan fingerprint density at radius 2 is 2.35 bits per heavy atom. The molecule has 0 aromatic heterocycles. The Morgan fingerprint density at radius 1 is 1.59 bits per heavy atom. The molecule has 1 saturated heterocycles. The fraction of sp³-hybridized carbons (Fsp3) is 0.538. The number of rotatable bonds is 3. The Kier molecular flexibility index (Phi) is 4.02. The van der Waals surface area contributed by atoms with E-state index in [1.807, 2.05) is 0 Å². The first-order valence-corrected chi connectivity index (χ1v) is 6.42. The molecule has 1 fully saturated rings. The van der Waals surface area contributed by atoms with Crippen molar-refractivity contribution >= 4 is 11.6 Å². The van der Waals surface area contributed by atoms with Gasteiger partial charge in [-0.1, -0.05) is 11.6 Å². The van der Waals surface area contributed by atoms with E-state index in [9.17, 15) is 4.39 Å². The fourth-order valence-electron chi connectivity index (χ4n) is 2.63. The average molecular weight is 257 g/mol. The van der Waals surface area contributed by atoms with Crippen LogP contribution in [0.1, 0.15) is 31.4 Å². The van der Waals surface area contributed by atoms with Crippen LogP contribution < -0.4 is 5.73 Å². The zero-order chi connectivity index (χ0) is 12.4. The van der Waals surface area contributed by atoms with Crippen molar-refractivity contribution in [3.63, 3.8) is 0 Å². The Balaban J connectivity index is 2.31. The highest BCUT2D eigenvalue weighted by atomic mass is 35.5. The van der Waals surface area contributed by atoms with Crippen LogP contribution in [0.3, 0.4) is 0 Å². The largest absolute Gasteiger partial charge is 0.329 e. The van der Waals surface area contributed by atoms with Gasteiger partial charge in [0.2, 0.25) is 0 Å². The van der Waals surface area contributed by atoms with Crippen LogP contribution in [0.15, 0.2) is 18.2 Å². The molecule has 0 spiro atoms. The van der Waals surface area contributed by atoms with Gasteiger partial charge in [0.1, 0.15) is 5.82 Å². The molecule has 1 aromatic carbocycles. The SMILES string of the molecule is CC1CCCN1C(CN)c1cc(Cl)ccc1F. The van der Waals surface area contributed by atoms with Gasteiger partial charge in [0, 0.05) is 23.2 Å². The van der Waals surface area contributed by atoms with E-state index in [4.69, 9.17) is 17.3 Å². The smallest absolute Gasteiger partial charge is 0.128 e. The van der Waals surface area contributed by atoms with E-state index in [0.717, 1.165) is 19.4 Å². The van der Waals surface area contributed by atoms with Gasteiger partial charge in [-0.3, -0.25) is 4.90 Å². The van der Waals surface area contributed by atoms with E-state index in [2.05, 4.69) is 11.8 Å². The predicted octanol–water partition coefficient (Wildman–Crippen LogP) is 2.96. The van der Waals surface area contributed by atoms with E-state index >= 15 is 0 Å². The summed E-state index contributed by atoms with van der Waals surface area (Å²) in [4.78, 5) is 2.27. The summed E-state index contributed by atoms with van der Waals surface area (Å²) in [5, 5.41) is 0.562. The number of nitrogens with two attached hydrogens (primary N) is 1. The van der Waals surface area contributed by atoms with Crippen molar-refractivity contribution in [2.24, 2.45) is 5.73 Å². The first kappa shape index (κ1) is 12.8. The third-order valence-corrected chi connectivity index (χ3v) is 3.78. The number of hydrogen-bond acceptors (Lipinski definition) is 2. The summed E-state index contributed by atoms with van der Waals surface area (Å²) in [5.41, 5.74) is 6.43. The Bertz CT molecular complexity index is 397. The second kappa shape index (κ2) is 5.34. The standard InChI is InChI=1S/C13H18ClFN2/c1-9-3-2-6-17(9)13(8-16)11-7-10(14)4-5-12(11)15/h4-5,7,9,13H,2-3,6,8,16H2,1H3. The van der Waals surface area contributed by atoms with Gasteiger partial charge in [-0.25, -0.2) is 4.39 Å². The molecule has 2 N–H and O–H groups in total. The van der Waals surface area contributed by atoms with E-state index in [0.29, 0.717) is 23.2 Å². The Labute approximate surface area is 107 Å². The third kappa shape index (κ3) is 2.62. The molecule has 0 radical (unpaired) electrons. The van der Waals surface area contributed by atoms with Crippen molar-refractivity contribution in [1.29, 1.82) is 0 Å². The molecular weight excluding hydrogens is 239 g/mol. The van der Waals surface area contributed by atoms with Crippen LogP contribution in [-0.4, -0.2) is 24.0 Å². The lowest BCUT2D eigenvalue weighted by atomic mass is 10.0. The molecule has 0 bridgehead atoms. The molecule has 2 nitrogen and oxygen atoms in total. The molecule has 1 aliphatic rings. The van der Waals surface area contributed by atoms with Crippen LogP contribution in [-0.2, 0) is 0 Å². The number of hydrogen-bond donors (Lipinski definition) is 1. The normalized spacial score (nSPS) is 22.9. The van der Waals surface area contributed by atoms with Crippen molar-refractivity contribution < 1.29 is 4.39 Å². The molecular formula is C13H18ClFN2. The minimum Gasteiger partial charge on any atom is -0.329 e. The molecule has 2 rings (SSSR count). The maximum atomic E-state index is 13.8. The van der Waals surface area contributed by atoms with Crippen LogP contribution in [0.5, 0.6) is 0 Å². The predicted molar refractivity (Wildman–Crippen MR) is 68.6 cm³/mol.